The molecule has 0 radical (unpaired) electrons. The van der Waals surface area contributed by atoms with Crippen molar-refractivity contribution in [1.29, 1.82) is 0 Å². The van der Waals surface area contributed by atoms with Gasteiger partial charge in [0, 0.05) is 4.32 Å². The highest BCUT2D eigenvalue weighted by Gasteiger charge is 2.21. The van der Waals surface area contributed by atoms with Crippen LogP contribution in [0.25, 0.3) is 0 Å². The van der Waals surface area contributed by atoms with E-state index in [4.69, 9.17) is 0 Å². The summed E-state index contributed by atoms with van der Waals surface area (Å²) in [5.41, 5.74) is 0. The molecule has 0 aromatic rings. The molecule has 2 nitrogen and oxygen atoms in total. The van der Waals surface area contributed by atoms with Crippen molar-refractivity contribution in [2.45, 2.75) is 37.4 Å². The van der Waals surface area contributed by atoms with E-state index >= 15 is 0 Å². The maximum absolute atomic E-state index is 10.3. The second-order valence-electron chi connectivity index (χ2n) is 2.66. The zero-order valence-electron chi connectivity index (χ0n) is 6.97. The van der Waals surface area contributed by atoms with Crippen molar-refractivity contribution in [1.82, 2.24) is 0 Å². The maximum atomic E-state index is 10.3. The monoisotopic (exact) mass is 240 g/mol. The Morgan fingerprint density at radius 1 is 1.27 bits per heavy atom. The summed E-state index contributed by atoms with van der Waals surface area (Å²) in [4.78, 5) is 0. The van der Waals surface area contributed by atoms with Crippen molar-refractivity contribution in [2.24, 2.45) is 0 Å². The van der Waals surface area contributed by atoms with Gasteiger partial charge in [-0.1, -0.05) is 29.8 Å². The van der Waals surface area contributed by atoms with Crippen LogP contribution < -0.4 is 0 Å². The predicted molar refractivity (Wildman–Crippen MR) is 50.0 cm³/mol. The van der Waals surface area contributed by atoms with Crippen LogP contribution in [0.4, 0.5) is 0 Å². The molecule has 0 aliphatic heterocycles. The number of rotatable bonds is 5. The minimum absolute atomic E-state index is 0.0441. The molecule has 0 unspecified atom stereocenters. The summed E-state index contributed by atoms with van der Waals surface area (Å²) in [5, 5.41) is 0. The highest BCUT2D eigenvalue weighted by molar-refractivity contribution is 9.10. The number of halogens is 1. The lowest BCUT2D eigenvalue weighted by molar-refractivity contribution is 0.499. The molecule has 0 atom stereocenters. The first-order chi connectivity index (χ1) is 5.04. The Balaban J connectivity index is 3.87. The van der Waals surface area contributed by atoms with E-state index in [1.807, 2.05) is 0 Å². The van der Waals surface area contributed by atoms with Crippen LogP contribution in [-0.4, -0.2) is 10.5 Å². The number of hydrogen-bond donors (Lipinski definition) is 0. The second-order valence-corrected chi connectivity index (χ2v) is 5.46. The highest BCUT2D eigenvalue weighted by Crippen LogP contribution is 2.31. The molecule has 0 bridgehead atoms. The third-order valence-corrected chi connectivity index (χ3v) is 4.12. The quantitative estimate of drug-likeness (QED) is 0.545. The number of alkyl halides is 1. The molecule has 11 heavy (non-hydrogen) atoms. The Kier molecular flexibility index (Phi) is 5.28. The molecule has 66 valence electrons. The van der Waals surface area contributed by atoms with Gasteiger partial charge in [-0.05, 0) is 19.3 Å². The first-order valence-corrected chi connectivity index (χ1v) is 6.00. The molecular formula is C7H14BrO2P. The van der Waals surface area contributed by atoms with Gasteiger partial charge < -0.3 is 0 Å². The van der Waals surface area contributed by atoms with Crippen molar-refractivity contribution in [2.75, 3.05) is 6.16 Å². The molecule has 0 aromatic carbocycles. The molecule has 0 heterocycles. The summed E-state index contributed by atoms with van der Waals surface area (Å²) < 4.78 is 20.6. The first-order valence-electron chi connectivity index (χ1n) is 3.85. The topological polar surface area (TPSA) is 34.1 Å². The maximum Gasteiger partial charge on any atom is 0.315 e. The van der Waals surface area contributed by atoms with E-state index in [0.29, 0.717) is 6.16 Å². The molecule has 0 N–H and O–H groups in total. The van der Waals surface area contributed by atoms with E-state index in [9.17, 15) is 9.13 Å². The lowest BCUT2D eigenvalue weighted by atomic mass is 10.0. The van der Waals surface area contributed by atoms with Gasteiger partial charge in [0.15, 0.2) is 0 Å². The smallest absolute Gasteiger partial charge is 0.237 e. The Hall–Kier alpha value is 0.380. The van der Waals surface area contributed by atoms with Gasteiger partial charge in [-0.3, -0.25) is 0 Å². The standard InChI is InChI=1S/C7H14BrO2P/c1-3-7(8,4-2)5-6-11(9)10/h3-6H2,1-2H3. The molecule has 0 rings (SSSR count). The van der Waals surface area contributed by atoms with Crippen LogP contribution in [0.15, 0.2) is 0 Å². The van der Waals surface area contributed by atoms with Gasteiger partial charge >= 0.3 is 7.68 Å². The minimum atomic E-state index is -2.21. The molecule has 0 saturated heterocycles. The normalized spacial score (nSPS) is 11.5. The van der Waals surface area contributed by atoms with Gasteiger partial charge in [0.25, 0.3) is 0 Å². The van der Waals surface area contributed by atoms with Crippen LogP contribution in [-0.2, 0) is 9.13 Å². The first kappa shape index (κ1) is 11.4. The van der Waals surface area contributed by atoms with E-state index in [1.165, 1.54) is 0 Å². The summed E-state index contributed by atoms with van der Waals surface area (Å²) in [5.74, 6) is 0. The van der Waals surface area contributed by atoms with Crippen LogP contribution in [0.2, 0.25) is 0 Å². The molecule has 0 aliphatic carbocycles. The van der Waals surface area contributed by atoms with E-state index in [1.54, 1.807) is 0 Å². The van der Waals surface area contributed by atoms with Gasteiger partial charge in [-0.25, -0.2) is 9.13 Å². The summed E-state index contributed by atoms with van der Waals surface area (Å²) in [6.45, 7) is 4.13. The summed E-state index contributed by atoms with van der Waals surface area (Å²) in [6, 6.07) is 0. The Morgan fingerprint density at radius 2 is 1.73 bits per heavy atom. The van der Waals surface area contributed by atoms with E-state index in [2.05, 4.69) is 29.8 Å². The van der Waals surface area contributed by atoms with Crippen molar-refractivity contribution < 1.29 is 9.13 Å². The molecule has 0 aliphatic rings. The average Bonchev–Trinajstić information content (AvgIpc) is 2.00. The van der Waals surface area contributed by atoms with Crippen LogP contribution in [0, 0.1) is 0 Å². The zero-order chi connectivity index (χ0) is 8.91. The third kappa shape index (κ3) is 4.76. The fourth-order valence-corrected chi connectivity index (χ4v) is 2.01. The molecule has 0 spiro atoms. The van der Waals surface area contributed by atoms with Gasteiger partial charge in [-0.15, -0.1) is 0 Å². The van der Waals surface area contributed by atoms with Crippen LogP contribution in [0.1, 0.15) is 33.1 Å². The Labute approximate surface area is 76.7 Å². The molecule has 0 amide bonds. The molecule has 0 aromatic heterocycles. The molecular weight excluding hydrogens is 227 g/mol. The van der Waals surface area contributed by atoms with Gasteiger partial charge in [0.1, 0.15) is 0 Å². The van der Waals surface area contributed by atoms with Crippen LogP contribution >= 0.6 is 23.6 Å². The largest absolute Gasteiger partial charge is 0.315 e. The minimum Gasteiger partial charge on any atom is -0.237 e. The Bertz CT molecular complexity index is 165. The SMILES string of the molecule is CCC(Br)(CC)CCP(=O)=O. The summed E-state index contributed by atoms with van der Waals surface area (Å²) >= 11 is 3.54. The summed E-state index contributed by atoms with van der Waals surface area (Å²) in [6.07, 6.45) is 2.97. The van der Waals surface area contributed by atoms with Crippen LogP contribution in [0.3, 0.4) is 0 Å². The van der Waals surface area contributed by atoms with E-state index in [0.717, 1.165) is 19.3 Å². The predicted octanol–water partition coefficient (Wildman–Crippen LogP) is 3.50. The second kappa shape index (κ2) is 5.10. The van der Waals surface area contributed by atoms with Crippen molar-refractivity contribution in [3.05, 3.63) is 0 Å². The van der Waals surface area contributed by atoms with Gasteiger partial charge in [0.2, 0.25) is 0 Å². The summed E-state index contributed by atoms with van der Waals surface area (Å²) in [7, 11) is -2.21. The van der Waals surface area contributed by atoms with Crippen molar-refractivity contribution >= 4 is 23.6 Å². The lowest BCUT2D eigenvalue weighted by Gasteiger charge is -2.22. The van der Waals surface area contributed by atoms with Crippen molar-refractivity contribution in [3.8, 4) is 0 Å². The molecule has 0 saturated carbocycles. The van der Waals surface area contributed by atoms with E-state index < -0.39 is 7.68 Å². The van der Waals surface area contributed by atoms with Crippen molar-refractivity contribution in [3.63, 3.8) is 0 Å². The lowest BCUT2D eigenvalue weighted by Crippen LogP contribution is -2.18. The highest BCUT2D eigenvalue weighted by atomic mass is 79.9. The van der Waals surface area contributed by atoms with E-state index in [-0.39, 0.29) is 4.32 Å². The average molecular weight is 241 g/mol. The Morgan fingerprint density at radius 3 is 2.00 bits per heavy atom. The van der Waals surface area contributed by atoms with Gasteiger partial charge in [0.05, 0.1) is 6.16 Å². The molecule has 4 heteroatoms. The van der Waals surface area contributed by atoms with Gasteiger partial charge in [-0.2, -0.15) is 0 Å². The zero-order valence-corrected chi connectivity index (χ0v) is 9.45. The third-order valence-electron chi connectivity index (χ3n) is 2.01. The molecule has 0 fully saturated rings. The fourth-order valence-electron chi connectivity index (χ4n) is 0.895. The van der Waals surface area contributed by atoms with Crippen LogP contribution in [0.5, 0.6) is 0 Å². The number of hydrogen-bond acceptors (Lipinski definition) is 2. The fraction of sp³-hybridized carbons (Fsp3) is 1.00.